The first kappa shape index (κ1) is 9.15. The molecule has 0 bridgehead atoms. The Labute approximate surface area is 82.9 Å². The number of nitrogens with one attached hydrogen (secondary N) is 1. The first-order valence-corrected chi connectivity index (χ1v) is 4.59. The number of aromatic nitrogens is 1. The van der Waals surface area contributed by atoms with Gasteiger partial charge in [0.2, 0.25) is 5.91 Å². The number of carbonyl (C=O) groups excluding carboxylic acids is 1. The highest BCUT2D eigenvalue weighted by atomic mass is 16.2. The topological polar surface area (TPSA) is 45.2 Å². The maximum absolute atomic E-state index is 11.3. The van der Waals surface area contributed by atoms with Gasteiger partial charge < -0.3 is 5.32 Å². The molecule has 74 valence electrons. The van der Waals surface area contributed by atoms with Gasteiger partial charge in [0.05, 0.1) is 6.54 Å². The number of fused-ring (bicyclic) bond motifs is 1. The predicted octanol–water partition coefficient (Wildman–Crippen LogP) is 0.774. The molecule has 0 spiro atoms. The van der Waals surface area contributed by atoms with E-state index in [1.54, 1.807) is 6.20 Å². The number of amides is 1. The number of pyridine rings is 1. The maximum atomic E-state index is 11.3. The van der Waals surface area contributed by atoms with E-state index in [2.05, 4.69) is 16.4 Å². The smallest absolute Gasteiger partial charge is 0.239 e. The second-order valence-corrected chi connectivity index (χ2v) is 3.74. The van der Waals surface area contributed by atoms with Gasteiger partial charge in [-0.25, -0.2) is 4.98 Å². The van der Waals surface area contributed by atoms with Gasteiger partial charge in [-0.2, -0.15) is 0 Å². The summed E-state index contributed by atoms with van der Waals surface area (Å²) in [5.74, 6) is 0.701. The Morgan fingerprint density at radius 1 is 1.50 bits per heavy atom. The quantitative estimate of drug-likeness (QED) is 0.659. The molecule has 2 heterocycles. The Balaban J connectivity index is 2.41. The van der Waals surface area contributed by atoms with Crippen molar-refractivity contribution in [3.05, 3.63) is 23.4 Å². The fourth-order valence-corrected chi connectivity index (χ4v) is 1.63. The van der Waals surface area contributed by atoms with Crippen LogP contribution in [0.5, 0.6) is 0 Å². The van der Waals surface area contributed by atoms with Crippen molar-refractivity contribution in [2.45, 2.75) is 13.5 Å². The lowest BCUT2D eigenvalue weighted by Crippen LogP contribution is -2.26. The lowest BCUT2D eigenvalue weighted by molar-refractivity contribution is -0.116. The van der Waals surface area contributed by atoms with Gasteiger partial charge >= 0.3 is 0 Å². The van der Waals surface area contributed by atoms with Crippen molar-refractivity contribution >= 4 is 11.7 Å². The molecule has 0 aromatic carbocycles. The Bertz CT molecular complexity index is 376. The lowest BCUT2D eigenvalue weighted by atomic mass is 10.2. The first-order valence-electron chi connectivity index (χ1n) is 4.59. The molecule has 1 N–H and O–H groups in total. The number of aryl methyl sites for hydroxylation is 1. The molecule has 0 atom stereocenters. The van der Waals surface area contributed by atoms with Crippen molar-refractivity contribution in [1.82, 2.24) is 9.88 Å². The zero-order valence-corrected chi connectivity index (χ0v) is 8.37. The summed E-state index contributed by atoms with van der Waals surface area (Å²) in [5, 5.41) is 2.79. The normalized spacial score (nSPS) is 17.1. The minimum Gasteiger partial charge on any atom is -0.309 e. The molecular formula is C10H13N3O. The number of hydrogen-bond donors (Lipinski definition) is 1. The van der Waals surface area contributed by atoms with Gasteiger partial charge in [0.1, 0.15) is 5.82 Å². The summed E-state index contributed by atoms with van der Waals surface area (Å²) in [5.41, 5.74) is 2.20. The van der Waals surface area contributed by atoms with Crippen LogP contribution >= 0.6 is 0 Å². The SMILES string of the molecule is Cc1cnc2c(c1)CN(C)CC(=O)N2. The maximum Gasteiger partial charge on any atom is 0.239 e. The first-order chi connectivity index (χ1) is 6.65. The zero-order chi connectivity index (χ0) is 10.1. The van der Waals surface area contributed by atoms with Crippen molar-refractivity contribution in [3.63, 3.8) is 0 Å². The summed E-state index contributed by atoms with van der Waals surface area (Å²) in [6.07, 6.45) is 1.77. The third-order valence-electron chi connectivity index (χ3n) is 2.21. The average Bonchev–Trinajstić information content (AvgIpc) is 2.21. The molecule has 4 heteroatoms. The molecular weight excluding hydrogens is 178 g/mol. The minimum absolute atomic E-state index is 0.00241. The predicted molar refractivity (Wildman–Crippen MR) is 53.9 cm³/mol. The van der Waals surface area contributed by atoms with Crippen molar-refractivity contribution in [2.75, 3.05) is 18.9 Å². The van der Waals surface area contributed by atoms with Crippen LogP contribution in [-0.2, 0) is 11.3 Å². The number of likely N-dealkylation sites (N-methyl/N-ethyl adjacent to an activating group) is 1. The van der Waals surface area contributed by atoms with Crippen molar-refractivity contribution < 1.29 is 4.79 Å². The van der Waals surface area contributed by atoms with Crippen LogP contribution in [0.15, 0.2) is 12.3 Å². The number of anilines is 1. The molecule has 14 heavy (non-hydrogen) atoms. The number of hydrogen-bond acceptors (Lipinski definition) is 3. The van der Waals surface area contributed by atoms with Crippen LogP contribution in [0.3, 0.4) is 0 Å². The highest BCUT2D eigenvalue weighted by Crippen LogP contribution is 2.18. The fourth-order valence-electron chi connectivity index (χ4n) is 1.63. The second kappa shape index (κ2) is 3.38. The molecule has 4 nitrogen and oxygen atoms in total. The third-order valence-corrected chi connectivity index (χ3v) is 2.21. The molecule has 1 aliphatic heterocycles. The molecule has 0 fully saturated rings. The van der Waals surface area contributed by atoms with Crippen molar-refractivity contribution in [1.29, 1.82) is 0 Å². The third kappa shape index (κ3) is 1.75. The molecule has 1 amide bonds. The molecule has 1 aromatic heterocycles. The van der Waals surface area contributed by atoms with E-state index in [1.165, 1.54) is 0 Å². The van der Waals surface area contributed by atoms with Crippen LogP contribution < -0.4 is 5.32 Å². The summed E-state index contributed by atoms with van der Waals surface area (Å²) in [6.45, 7) is 3.19. The van der Waals surface area contributed by atoms with Crippen molar-refractivity contribution in [3.8, 4) is 0 Å². The molecule has 0 saturated heterocycles. The van der Waals surface area contributed by atoms with E-state index in [1.807, 2.05) is 18.9 Å². The second-order valence-electron chi connectivity index (χ2n) is 3.74. The highest BCUT2D eigenvalue weighted by Gasteiger charge is 2.16. The zero-order valence-electron chi connectivity index (χ0n) is 8.37. The van der Waals surface area contributed by atoms with E-state index in [4.69, 9.17) is 0 Å². The lowest BCUT2D eigenvalue weighted by Gasteiger charge is -2.11. The summed E-state index contributed by atoms with van der Waals surface area (Å²) >= 11 is 0. The number of rotatable bonds is 0. The van der Waals surface area contributed by atoms with Crippen LogP contribution in [0.25, 0.3) is 0 Å². The van der Waals surface area contributed by atoms with E-state index < -0.39 is 0 Å². The van der Waals surface area contributed by atoms with Crippen LogP contribution in [0.4, 0.5) is 5.82 Å². The summed E-state index contributed by atoms with van der Waals surface area (Å²) < 4.78 is 0. The van der Waals surface area contributed by atoms with Gasteiger partial charge in [-0.3, -0.25) is 9.69 Å². The van der Waals surface area contributed by atoms with Crippen molar-refractivity contribution in [2.24, 2.45) is 0 Å². The van der Waals surface area contributed by atoms with Gasteiger partial charge in [-0.1, -0.05) is 0 Å². The van der Waals surface area contributed by atoms with E-state index in [0.717, 1.165) is 17.7 Å². The largest absolute Gasteiger partial charge is 0.309 e. The molecule has 1 aliphatic rings. The Hall–Kier alpha value is -1.42. The van der Waals surface area contributed by atoms with E-state index in [0.29, 0.717) is 12.4 Å². The molecule has 0 unspecified atom stereocenters. The Kier molecular flexibility index (Phi) is 2.21. The summed E-state index contributed by atoms with van der Waals surface area (Å²) in [4.78, 5) is 17.5. The van der Waals surface area contributed by atoms with Crippen LogP contribution in [-0.4, -0.2) is 29.4 Å². The van der Waals surface area contributed by atoms with E-state index in [-0.39, 0.29) is 5.91 Å². The number of carbonyl (C=O) groups is 1. The number of nitrogens with zero attached hydrogens (tertiary/aromatic N) is 2. The van der Waals surface area contributed by atoms with Gasteiger partial charge in [0.15, 0.2) is 0 Å². The van der Waals surface area contributed by atoms with Gasteiger partial charge in [0.25, 0.3) is 0 Å². The molecule has 1 aromatic rings. The monoisotopic (exact) mass is 191 g/mol. The summed E-state index contributed by atoms with van der Waals surface area (Å²) in [7, 11) is 1.93. The van der Waals surface area contributed by atoms with Gasteiger partial charge in [0, 0.05) is 18.3 Å². The standard InChI is InChI=1S/C10H13N3O/c1-7-3-8-5-13(2)6-9(14)12-10(8)11-4-7/h3-4H,5-6H2,1-2H3,(H,11,12,14). The molecule has 2 rings (SSSR count). The van der Waals surface area contributed by atoms with Gasteiger partial charge in [-0.15, -0.1) is 0 Å². The highest BCUT2D eigenvalue weighted by molar-refractivity contribution is 5.92. The fraction of sp³-hybridized carbons (Fsp3) is 0.400. The Morgan fingerprint density at radius 2 is 2.29 bits per heavy atom. The average molecular weight is 191 g/mol. The van der Waals surface area contributed by atoms with E-state index >= 15 is 0 Å². The minimum atomic E-state index is 0.00241. The van der Waals surface area contributed by atoms with Crippen LogP contribution in [0, 0.1) is 6.92 Å². The molecule has 0 saturated carbocycles. The van der Waals surface area contributed by atoms with Gasteiger partial charge in [-0.05, 0) is 25.6 Å². The molecule has 0 aliphatic carbocycles. The van der Waals surface area contributed by atoms with Crippen LogP contribution in [0.1, 0.15) is 11.1 Å². The van der Waals surface area contributed by atoms with Crippen LogP contribution in [0.2, 0.25) is 0 Å². The van der Waals surface area contributed by atoms with E-state index in [9.17, 15) is 4.79 Å². The Morgan fingerprint density at radius 3 is 3.07 bits per heavy atom. The molecule has 0 radical (unpaired) electrons. The summed E-state index contributed by atoms with van der Waals surface area (Å²) in [6, 6.07) is 2.06.